The third-order valence-corrected chi connectivity index (χ3v) is 4.61. The first-order valence-electron chi connectivity index (χ1n) is 8.75. The summed E-state index contributed by atoms with van der Waals surface area (Å²) in [6.07, 6.45) is 0.787. The molecular formula is C19H21N3O4S. The number of ether oxygens (including phenoxy) is 2. The Morgan fingerprint density at radius 3 is 2.67 bits per heavy atom. The second-order valence-electron chi connectivity index (χ2n) is 6.41. The second-order valence-corrected chi connectivity index (χ2v) is 7.45. The highest BCUT2D eigenvalue weighted by Crippen LogP contribution is 2.16. The summed E-state index contributed by atoms with van der Waals surface area (Å²) < 4.78 is 11.9. The number of carbonyl (C=O) groups excluding carboxylic acids is 1. The molecule has 0 radical (unpaired) electrons. The zero-order chi connectivity index (χ0) is 19.4. The van der Waals surface area contributed by atoms with Crippen molar-refractivity contribution >= 4 is 22.3 Å². The Morgan fingerprint density at radius 2 is 2.00 bits per heavy atom. The van der Waals surface area contributed by atoms with Gasteiger partial charge in [-0.25, -0.2) is 9.78 Å². The van der Waals surface area contributed by atoms with Crippen LogP contribution in [0.25, 0.3) is 4.96 Å². The van der Waals surface area contributed by atoms with Gasteiger partial charge in [0.05, 0.1) is 17.9 Å². The summed E-state index contributed by atoms with van der Waals surface area (Å²) in [7, 11) is 0. The average Bonchev–Trinajstić information content (AvgIpc) is 3.03. The van der Waals surface area contributed by atoms with Gasteiger partial charge in [0.2, 0.25) is 4.96 Å². The van der Waals surface area contributed by atoms with E-state index < -0.39 is 5.97 Å². The fourth-order valence-electron chi connectivity index (χ4n) is 2.48. The number of esters is 1. The molecule has 27 heavy (non-hydrogen) atoms. The third kappa shape index (κ3) is 4.71. The van der Waals surface area contributed by atoms with Crippen LogP contribution in [0.3, 0.4) is 0 Å². The van der Waals surface area contributed by atoms with Crippen LogP contribution in [-0.4, -0.2) is 27.2 Å². The molecule has 0 atom stereocenters. The minimum Gasteiger partial charge on any atom is -0.494 e. The van der Waals surface area contributed by atoms with E-state index in [1.54, 1.807) is 24.3 Å². The van der Waals surface area contributed by atoms with Gasteiger partial charge >= 0.3 is 5.97 Å². The number of hydrogen-bond acceptors (Lipinski definition) is 7. The van der Waals surface area contributed by atoms with Crippen LogP contribution in [0.4, 0.5) is 0 Å². The van der Waals surface area contributed by atoms with Crippen molar-refractivity contribution in [3.63, 3.8) is 0 Å². The Balaban J connectivity index is 1.70. The summed E-state index contributed by atoms with van der Waals surface area (Å²) in [6.45, 7) is 6.56. The Labute approximate surface area is 160 Å². The van der Waals surface area contributed by atoms with Gasteiger partial charge in [-0.3, -0.25) is 4.79 Å². The Bertz CT molecular complexity index is 992. The molecule has 7 nitrogen and oxygen atoms in total. The van der Waals surface area contributed by atoms with Gasteiger partial charge in [-0.05, 0) is 37.1 Å². The summed E-state index contributed by atoms with van der Waals surface area (Å²) >= 11 is 1.38. The normalized spacial score (nSPS) is 11.1. The summed E-state index contributed by atoms with van der Waals surface area (Å²) in [5.74, 6) is 0.650. The van der Waals surface area contributed by atoms with E-state index in [4.69, 9.17) is 9.47 Å². The number of benzene rings is 1. The van der Waals surface area contributed by atoms with E-state index in [9.17, 15) is 9.59 Å². The summed E-state index contributed by atoms with van der Waals surface area (Å²) in [6, 6.07) is 8.05. The van der Waals surface area contributed by atoms with Gasteiger partial charge < -0.3 is 9.47 Å². The number of nitrogens with zero attached hydrogens (tertiary/aromatic N) is 3. The number of rotatable bonds is 7. The predicted octanol–water partition coefficient (Wildman–Crippen LogP) is 3.11. The van der Waals surface area contributed by atoms with Crippen LogP contribution in [0, 0.1) is 5.92 Å². The summed E-state index contributed by atoms with van der Waals surface area (Å²) in [4.78, 5) is 29.3. The Kier molecular flexibility index (Phi) is 5.85. The van der Waals surface area contributed by atoms with E-state index in [1.165, 1.54) is 21.9 Å². The average molecular weight is 387 g/mol. The monoisotopic (exact) mass is 387 g/mol. The smallest absolute Gasteiger partial charge is 0.338 e. The predicted molar refractivity (Wildman–Crippen MR) is 102 cm³/mol. The maximum absolute atomic E-state index is 12.2. The maximum atomic E-state index is 12.2. The first kappa shape index (κ1) is 19.0. The minimum atomic E-state index is -0.482. The molecule has 0 spiro atoms. The quantitative estimate of drug-likeness (QED) is 0.579. The molecule has 2 heterocycles. The van der Waals surface area contributed by atoms with Crippen LogP contribution in [-0.2, 0) is 17.8 Å². The molecule has 3 rings (SSSR count). The first-order chi connectivity index (χ1) is 13.0. The summed E-state index contributed by atoms with van der Waals surface area (Å²) in [5.41, 5.74) is 0.533. The van der Waals surface area contributed by atoms with Gasteiger partial charge in [0.1, 0.15) is 17.4 Å². The van der Waals surface area contributed by atoms with Crippen molar-refractivity contribution in [2.45, 2.75) is 33.8 Å². The zero-order valence-corrected chi connectivity index (χ0v) is 16.3. The van der Waals surface area contributed by atoms with Gasteiger partial charge in [-0.2, -0.15) is 9.61 Å². The van der Waals surface area contributed by atoms with E-state index >= 15 is 0 Å². The third-order valence-electron chi connectivity index (χ3n) is 3.67. The van der Waals surface area contributed by atoms with Crippen molar-refractivity contribution in [3.8, 4) is 5.75 Å². The molecule has 0 unspecified atom stereocenters. The van der Waals surface area contributed by atoms with Gasteiger partial charge in [-0.15, -0.1) is 0 Å². The van der Waals surface area contributed by atoms with E-state index in [0.29, 0.717) is 34.5 Å². The largest absolute Gasteiger partial charge is 0.494 e. The second kappa shape index (κ2) is 8.30. The molecular weight excluding hydrogens is 366 g/mol. The van der Waals surface area contributed by atoms with Crippen LogP contribution in [0.2, 0.25) is 0 Å². The first-order valence-corrected chi connectivity index (χ1v) is 9.56. The SMILES string of the molecule is CCOc1ccc(C(=O)OCc2cc(=O)n3nc(CC(C)C)sc3n2)cc1. The molecule has 3 aromatic rings. The molecule has 0 fully saturated rings. The molecule has 0 aliphatic carbocycles. The van der Waals surface area contributed by atoms with E-state index in [1.807, 2.05) is 6.92 Å². The summed E-state index contributed by atoms with van der Waals surface area (Å²) in [5, 5.41) is 5.16. The van der Waals surface area contributed by atoms with E-state index in [2.05, 4.69) is 23.9 Å². The van der Waals surface area contributed by atoms with E-state index in [-0.39, 0.29) is 12.2 Å². The van der Waals surface area contributed by atoms with Crippen molar-refractivity contribution in [3.05, 3.63) is 57.0 Å². The standard InChI is InChI=1S/C19H21N3O4S/c1-4-25-15-7-5-13(6-8-15)18(24)26-11-14-10-17(23)22-19(20-14)27-16(21-22)9-12(2)3/h5-8,10,12H,4,9,11H2,1-3H3. The van der Waals surface area contributed by atoms with Crippen molar-refractivity contribution in [2.75, 3.05) is 6.61 Å². The molecule has 0 aliphatic heterocycles. The lowest BCUT2D eigenvalue weighted by Gasteiger charge is -2.06. The lowest BCUT2D eigenvalue weighted by molar-refractivity contribution is 0.0467. The lowest BCUT2D eigenvalue weighted by Crippen LogP contribution is -2.16. The molecule has 0 saturated carbocycles. The highest BCUT2D eigenvalue weighted by atomic mass is 32.1. The van der Waals surface area contributed by atoms with Crippen LogP contribution in [0.15, 0.2) is 35.1 Å². The highest BCUT2D eigenvalue weighted by Gasteiger charge is 2.12. The fraction of sp³-hybridized carbons (Fsp3) is 0.368. The van der Waals surface area contributed by atoms with Gasteiger partial charge in [0, 0.05) is 12.5 Å². The van der Waals surface area contributed by atoms with Gasteiger partial charge in [0.15, 0.2) is 0 Å². The molecule has 8 heteroatoms. The van der Waals surface area contributed by atoms with Crippen molar-refractivity contribution in [2.24, 2.45) is 5.92 Å². The highest BCUT2D eigenvalue weighted by molar-refractivity contribution is 7.16. The van der Waals surface area contributed by atoms with Gasteiger partial charge in [0.25, 0.3) is 5.56 Å². The number of aromatic nitrogens is 3. The molecule has 0 amide bonds. The molecule has 142 valence electrons. The fourth-order valence-corrected chi connectivity index (χ4v) is 3.61. The molecule has 0 N–H and O–H groups in total. The molecule has 0 aliphatic rings. The molecule has 0 saturated heterocycles. The molecule has 2 aromatic heterocycles. The zero-order valence-electron chi connectivity index (χ0n) is 15.5. The molecule has 1 aromatic carbocycles. The topological polar surface area (TPSA) is 82.8 Å². The molecule has 0 bridgehead atoms. The number of hydrogen-bond donors (Lipinski definition) is 0. The lowest BCUT2D eigenvalue weighted by atomic mass is 10.1. The van der Waals surface area contributed by atoms with Crippen LogP contribution in [0.1, 0.15) is 41.8 Å². The van der Waals surface area contributed by atoms with E-state index in [0.717, 1.165) is 11.4 Å². The van der Waals surface area contributed by atoms with Crippen LogP contribution in [0.5, 0.6) is 5.75 Å². The van der Waals surface area contributed by atoms with Crippen LogP contribution >= 0.6 is 11.3 Å². The van der Waals surface area contributed by atoms with Crippen molar-refractivity contribution in [1.29, 1.82) is 0 Å². The Hall–Kier alpha value is -2.74. The van der Waals surface area contributed by atoms with Crippen molar-refractivity contribution in [1.82, 2.24) is 14.6 Å². The van der Waals surface area contributed by atoms with Crippen LogP contribution < -0.4 is 10.3 Å². The number of fused-ring (bicyclic) bond motifs is 1. The minimum absolute atomic E-state index is 0.0742. The maximum Gasteiger partial charge on any atom is 0.338 e. The number of carbonyl (C=O) groups is 1. The van der Waals surface area contributed by atoms with Gasteiger partial charge in [-0.1, -0.05) is 25.2 Å². The Morgan fingerprint density at radius 1 is 1.26 bits per heavy atom. The van der Waals surface area contributed by atoms with Crippen molar-refractivity contribution < 1.29 is 14.3 Å².